The van der Waals surface area contributed by atoms with Gasteiger partial charge >= 0.3 is 0 Å². The van der Waals surface area contributed by atoms with Crippen molar-refractivity contribution in [1.29, 1.82) is 0 Å². The van der Waals surface area contributed by atoms with E-state index in [1.54, 1.807) is 7.11 Å². The van der Waals surface area contributed by atoms with Crippen LogP contribution in [-0.2, 0) is 15.9 Å². The van der Waals surface area contributed by atoms with E-state index in [0.29, 0.717) is 26.4 Å². The number of nitrogens with one attached hydrogen (secondary N) is 1. The predicted molar refractivity (Wildman–Crippen MR) is 76.5 cm³/mol. The van der Waals surface area contributed by atoms with Gasteiger partial charge < -0.3 is 19.9 Å². The fourth-order valence-electron chi connectivity index (χ4n) is 1.80. The third-order valence-corrected chi connectivity index (χ3v) is 2.95. The molecule has 0 aromatic heterocycles. The van der Waals surface area contributed by atoms with Crippen LogP contribution in [0, 0.1) is 6.92 Å². The maximum Gasteiger partial charge on any atom is 0.0897 e. The summed E-state index contributed by atoms with van der Waals surface area (Å²) in [6.07, 6.45) is 0.512. The first-order chi connectivity index (χ1) is 9.24. The standard InChI is InChI=1S/C15H25NO3/c1-13-5-3-4-6-14(13)7-8-16-11-15(17)12-19-10-9-18-2/h3-6,15-17H,7-12H2,1-2H3. The van der Waals surface area contributed by atoms with Gasteiger partial charge in [-0.3, -0.25) is 0 Å². The second kappa shape index (κ2) is 9.92. The highest BCUT2D eigenvalue weighted by atomic mass is 16.5. The van der Waals surface area contributed by atoms with E-state index in [-0.39, 0.29) is 0 Å². The molecule has 0 aliphatic carbocycles. The summed E-state index contributed by atoms with van der Waals surface area (Å²) in [5.41, 5.74) is 2.66. The van der Waals surface area contributed by atoms with E-state index in [9.17, 15) is 5.11 Å². The third kappa shape index (κ3) is 7.28. The first-order valence-corrected chi connectivity index (χ1v) is 6.74. The molecule has 108 valence electrons. The first-order valence-electron chi connectivity index (χ1n) is 6.74. The van der Waals surface area contributed by atoms with Gasteiger partial charge in [-0.1, -0.05) is 24.3 Å². The Morgan fingerprint density at radius 2 is 2.05 bits per heavy atom. The fraction of sp³-hybridized carbons (Fsp3) is 0.600. The summed E-state index contributed by atoms with van der Waals surface area (Å²) >= 11 is 0. The molecule has 0 amide bonds. The Morgan fingerprint density at radius 1 is 1.26 bits per heavy atom. The number of aryl methyl sites for hydroxylation is 1. The molecule has 0 spiro atoms. The molecule has 1 aromatic rings. The van der Waals surface area contributed by atoms with Gasteiger partial charge in [-0.15, -0.1) is 0 Å². The Balaban J connectivity index is 2.05. The number of hydrogen-bond acceptors (Lipinski definition) is 4. The van der Waals surface area contributed by atoms with Crippen LogP contribution < -0.4 is 5.32 Å². The van der Waals surface area contributed by atoms with E-state index >= 15 is 0 Å². The average molecular weight is 267 g/mol. The van der Waals surface area contributed by atoms with Crippen LogP contribution in [0.3, 0.4) is 0 Å². The molecule has 1 unspecified atom stereocenters. The molecule has 0 aliphatic rings. The number of aliphatic hydroxyl groups is 1. The topological polar surface area (TPSA) is 50.7 Å². The molecule has 19 heavy (non-hydrogen) atoms. The zero-order valence-electron chi connectivity index (χ0n) is 11.9. The number of methoxy groups -OCH3 is 1. The SMILES string of the molecule is COCCOCC(O)CNCCc1ccccc1C. The summed E-state index contributed by atoms with van der Waals surface area (Å²) in [5.74, 6) is 0. The van der Waals surface area contributed by atoms with Gasteiger partial charge in [0.15, 0.2) is 0 Å². The van der Waals surface area contributed by atoms with Crippen molar-refractivity contribution in [2.75, 3.05) is 40.0 Å². The van der Waals surface area contributed by atoms with Gasteiger partial charge in [-0.25, -0.2) is 0 Å². The number of rotatable bonds is 10. The van der Waals surface area contributed by atoms with Crippen LogP contribution in [0.1, 0.15) is 11.1 Å². The van der Waals surface area contributed by atoms with Crippen LogP contribution in [0.4, 0.5) is 0 Å². The molecule has 0 aliphatic heterocycles. The summed E-state index contributed by atoms with van der Waals surface area (Å²) < 4.78 is 10.1. The van der Waals surface area contributed by atoms with Crippen LogP contribution in [0.5, 0.6) is 0 Å². The van der Waals surface area contributed by atoms with Crippen LogP contribution >= 0.6 is 0 Å². The zero-order chi connectivity index (χ0) is 13.9. The minimum atomic E-state index is -0.464. The minimum absolute atomic E-state index is 0.348. The first kappa shape index (κ1) is 16.1. The molecule has 0 radical (unpaired) electrons. The third-order valence-electron chi connectivity index (χ3n) is 2.95. The average Bonchev–Trinajstić information content (AvgIpc) is 2.41. The molecule has 2 N–H and O–H groups in total. The van der Waals surface area contributed by atoms with Crippen LogP contribution in [-0.4, -0.2) is 51.2 Å². The molecule has 1 rings (SSSR count). The molecule has 0 bridgehead atoms. The zero-order valence-corrected chi connectivity index (χ0v) is 11.9. The van der Waals surface area contributed by atoms with Gasteiger partial charge in [-0.05, 0) is 31.0 Å². The van der Waals surface area contributed by atoms with Crippen molar-refractivity contribution in [2.24, 2.45) is 0 Å². The van der Waals surface area contributed by atoms with Crippen LogP contribution in [0.15, 0.2) is 24.3 Å². The quantitative estimate of drug-likeness (QED) is 0.624. The normalized spacial score (nSPS) is 12.6. The van der Waals surface area contributed by atoms with E-state index in [4.69, 9.17) is 9.47 Å². The molecular formula is C15H25NO3. The summed E-state index contributed by atoms with van der Waals surface area (Å²) in [5, 5.41) is 12.9. The molecular weight excluding hydrogens is 242 g/mol. The van der Waals surface area contributed by atoms with Crippen molar-refractivity contribution in [3.05, 3.63) is 35.4 Å². The van der Waals surface area contributed by atoms with Gasteiger partial charge in [0.1, 0.15) is 0 Å². The Morgan fingerprint density at radius 3 is 2.79 bits per heavy atom. The molecule has 1 aromatic carbocycles. The van der Waals surface area contributed by atoms with Gasteiger partial charge in [0.05, 0.1) is 25.9 Å². The van der Waals surface area contributed by atoms with Gasteiger partial charge in [0.25, 0.3) is 0 Å². The van der Waals surface area contributed by atoms with E-state index in [0.717, 1.165) is 13.0 Å². The molecule has 0 saturated carbocycles. The van der Waals surface area contributed by atoms with Crippen molar-refractivity contribution in [3.8, 4) is 0 Å². The van der Waals surface area contributed by atoms with E-state index in [2.05, 4.69) is 30.4 Å². The highest BCUT2D eigenvalue weighted by Gasteiger charge is 2.03. The van der Waals surface area contributed by atoms with Crippen molar-refractivity contribution in [2.45, 2.75) is 19.4 Å². The molecule has 1 atom stereocenters. The second-order valence-corrected chi connectivity index (χ2v) is 4.60. The van der Waals surface area contributed by atoms with Crippen LogP contribution in [0.2, 0.25) is 0 Å². The predicted octanol–water partition coefficient (Wildman–Crippen LogP) is 1.15. The molecule has 0 fully saturated rings. The van der Waals surface area contributed by atoms with E-state index < -0.39 is 6.10 Å². The second-order valence-electron chi connectivity index (χ2n) is 4.60. The maximum atomic E-state index is 9.67. The van der Waals surface area contributed by atoms with Gasteiger partial charge in [-0.2, -0.15) is 0 Å². The lowest BCUT2D eigenvalue weighted by atomic mass is 10.1. The Kier molecular flexibility index (Phi) is 8.41. The van der Waals surface area contributed by atoms with Crippen LogP contribution in [0.25, 0.3) is 0 Å². The number of ether oxygens (including phenoxy) is 2. The maximum absolute atomic E-state index is 9.67. The Bertz CT molecular complexity index is 344. The molecule has 4 heteroatoms. The monoisotopic (exact) mass is 267 g/mol. The Labute approximate surface area is 115 Å². The van der Waals surface area contributed by atoms with Crippen molar-refractivity contribution in [1.82, 2.24) is 5.32 Å². The number of aliphatic hydroxyl groups excluding tert-OH is 1. The number of benzene rings is 1. The van der Waals surface area contributed by atoms with Crippen molar-refractivity contribution in [3.63, 3.8) is 0 Å². The summed E-state index contributed by atoms with van der Waals surface area (Å²) in [4.78, 5) is 0. The lowest BCUT2D eigenvalue weighted by Crippen LogP contribution is -2.32. The largest absolute Gasteiger partial charge is 0.389 e. The number of hydrogen-bond donors (Lipinski definition) is 2. The van der Waals surface area contributed by atoms with Crippen molar-refractivity contribution >= 4 is 0 Å². The van der Waals surface area contributed by atoms with Gasteiger partial charge in [0, 0.05) is 13.7 Å². The van der Waals surface area contributed by atoms with Crippen molar-refractivity contribution < 1.29 is 14.6 Å². The highest BCUT2D eigenvalue weighted by molar-refractivity contribution is 5.25. The Hall–Kier alpha value is -0.940. The lowest BCUT2D eigenvalue weighted by molar-refractivity contribution is 0.0139. The summed E-state index contributed by atoms with van der Waals surface area (Å²) in [7, 11) is 1.63. The van der Waals surface area contributed by atoms with E-state index in [1.807, 2.05) is 6.07 Å². The highest BCUT2D eigenvalue weighted by Crippen LogP contribution is 2.06. The molecule has 0 heterocycles. The van der Waals surface area contributed by atoms with E-state index in [1.165, 1.54) is 11.1 Å². The summed E-state index contributed by atoms with van der Waals surface area (Å²) in [6.45, 7) is 4.97. The summed E-state index contributed by atoms with van der Waals surface area (Å²) in [6, 6.07) is 8.36. The lowest BCUT2D eigenvalue weighted by Gasteiger charge is -2.12. The smallest absolute Gasteiger partial charge is 0.0897 e. The van der Waals surface area contributed by atoms with Gasteiger partial charge in [0.2, 0.25) is 0 Å². The fourth-order valence-corrected chi connectivity index (χ4v) is 1.80. The molecule has 0 saturated heterocycles. The molecule has 4 nitrogen and oxygen atoms in total. The minimum Gasteiger partial charge on any atom is -0.389 e.